The number of allylic oxidation sites excluding steroid dienone is 2. The predicted molar refractivity (Wildman–Crippen MR) is 113 cm³/mol. The number of aliphatic hydroxyl groups is 1. The molecule has 2 aromatic rings. The molecule has 8 heteroatoms. The van der Waals surface area contributed by atoms with E-state index in [1.54, 1.807) is 43.3 Å². The minimum absolute atomic E-state index is 0.0926. The zero-order valence-electron chi connectivity index (χ0n) is 16.4. The number of hydrogen-bond donors (Lipinski definition) is 3. The molecule has 1 unspecified atom stereocenters. The first-order valence-electron chi connectivity index (χ1n) is 9.02. The Labute approximate surface area is 173 Å². The average Bonchev–Trinajstić information content (AvgIpc) is 2.67. The summed E-state index contributed by atoms with van der Waals surface area (Å²) in [5.41, 5.74) is 7.15. The second kappa shape index (κ2) is 8.34. The zero-order valence-corrected chi connectivity index (χ0v) is 17.2. The topological polar surface area (TPSA) is 70.8 Å². The van der Waals surface area contributed by atoms with Gasteiger partial charge in [0.1, 0.15) is 11.6 Å². The average molecular weight is 419 g/mol. The summed E-state index contributed by atoms with van der Waals surface area (Å²) in [5.74, 6) is -0.332. The summed E-state index contributed by atoms with van der Waals surface area (Å²) in [6, 6.07) is 8.50. The van der Waals surface area contributed by atoms with Gasteiger partial charge in [-0.2, -0.15) is 0 Å². The van der Waals surface area contributed by atoms with Crippen LogP contribution in [-0.2, 0) is 0 Å². The summed E-state index contributed by atoms with van der Waals surface area (Å²) < 4.78 is 36.3. The number of ether oxygens (including phenoxy) is 1. The van der Waals surface area contributed by atoms with Crippen molar-refractivity contribution in [1.82, 2.24) is 4.90 Å². The van der Waals surface area contributed by atoms with Gasteiger partial charge in [0.15, 0.2) is 17.3 Å². The van der Waals surface area contributed by atoms with Gasteiger partial charge >= 0.3 is 0 Å². The van der Waals surface area contributed by atoms with Gasteiger partial charge in [-0.05, 0) is 43.3 Å². The van der Waals surface area contributed by atoms with Gasteiger partial charge < -0.3 is 25.2 Å². The van der Waals surface area contributed by atoms with Gasteiger partial charge in [-0.25, -0.2) is 8.78 Å². The molecule has 1 heterocycles. The Kier molecular flexibility index (Phi) is 6.04. The molecule has 0 saturated carbocycles. The van der Waals surface area contributed by atoms with Crippen molar-refractivity contribution in [2.24, 2.45) is 5.73 Å². The minimum Gasteiger partial charge on any atom is -0.454 e. The van der Waals surface area contributed by atoms with Gasteiger partial charge in [-0.1, -0.05) is 18.9 Å². The number of anilines is 1. The lowest BCUT2D eigenvalue weighted by molar-refractivity contribution is -0.0209. The fraction of sp³-hybridized carbons (Fsp3) is 0.238. The molecule has 29 heavy (non-hydrogen) atoms. The van der Waals surface area contributed by atoms with Crippen LogP contribution in [0.1, 0.15) is 19.4 Å². The maximum absolute atomic E-state index is 14.1. The van der Waals surface area contributed by atoms with Crippen molar-refractivity contribution >= 4 is 23.2 Å². The molecule has 0 fully saturated rings. The van der Waals surface area contributed by atoms with E-state index in [1.165, 1.54) is 18.0 Å². The molecular formula is C21H23F2N3O2S. The summed E-state index contributed by atoms with van der Waals surface area (Å²) in [4.78, 5) is 1.58. The van der Waals surface area contributed by atoms with Crippen molar-refractivity contribution in [3.63, 3.8) is 0 Å². The molecule has 4 N–H and O–H groups in total. The molecule has 5 nitrogen and oxygen atoms in total. The van der Waals surface area contributed by atoms with E-state index >= 15 is 0 Å². The number of nitrogens with one attached hydrogen (secondary N) is 1. The number of nitrogens with zero attached hydrogens (tertiary/aromatic N) is 1. The Morgan fingerprint density at radius 2 is 1.93 bits per heavy atom. The van der Waals surface area contributed by atoms with E-state index in [4.69, 9.17) is 10.5 Å². The van der Waals surface area contributed by atoms with E-state index in [0.29, 0.717) is 16.9 Å². The summed E-state index contributed by atoms with van der Waals surface area (Å²) in [6.45, 7) is 3.62. The van der Waals surface area contributed by atoms with Crippen molar-refractivity contribution in [3.05, 3.63) is 71.6 Å². The zero-order chi connectivity index (χ0) is 21.2. The van der Waals surface area contributed by atoms with Crippen LogP contribution in [0.5, 0.6) is 11.5 Å². The summed E-state index contributed by atoms with van der Waals surface area (Å²) in [7, 11) is 1.70. The maximum atomic E-state index is 14.1. The second-order valence-electron chi connectivity index (χ2n) is 6.74. The van der Waals surface area contributed by atoms with Crippen LogP contribution in [-0.4, -0.2) is 28.5 Å². The highest BCUT2D eigenvalue weighted by molar-refractivity contribution is 8.00. The highest BCUT2D eigenvalue weighted by Crippen LogP contribution is 2.38. The van der Waals surface area contributed by atoms with E-state index < -0.39 is 17.4 Å². The molecule has 1 atom stereocenters. The second-order valence-corrected chi connectivity index (χ2v) is 7.81. The number of likely N-dealkylation sites (N-methyl/N-ethyl adjacent to an activating group) is 1. The molecule has 1 aliphatic heterocycles. The number of halogens is 2. The largest absolute Gasteiger partial charge is 0.454 e. The van der Waals surface area contributed by atoms with E-state index in [2.05, 4.69) is 4.72 Å². The Morgan fingerprint density at radius 3 is 2.59 bits per heavy atom. The molecule has 0 spiro atoms. The molecule has 0 amide bonds. The molecule has 154 valence electrons. The first-order valence-corrected chi connectivity index (χ1v) is 10.0. The maximum Gasteiger partial charge on any atom is 0.175 e. The van der Waals surface area contributed by atoms with Crippen molar-refractivity contribution < 1.29 is 18.6 Å². The van der Waals surface area contributed by atoms with Crippen LogP contribution in [0.3, 0.4) is 0 Å². The Hall–Kier alpha value is -2.71. The van der Waals surface area contributed by atoms with Crippen LogP contribution in [0.25, 0.3) is 5.57 Å². The van der Waals surface area contributed by atoms with Crippen LogP contribution in [0.2, 0.25) is 0 Å². The normalized spacial score (nSPS) is 18.9. The van der Waals surface area contributed by atoms with Gasteiger partial charge in [-0.15, -0.1) is 0 Å². The van der Waals surface area contributed by atoms with Crippen LogP contribution in [0.4, 0.5) is 14.5 Å². The molecule has 0 aromatic heterocycles. The first kappa shape index (κ1) is 21.0. The molecule has 0 saturated heterocycles. The standard InChI is InChI=1S/C21H23F2N3O2S/c1-4-29-25-15-6-8-18(28-19-7-5-14(22)10-17(19)23)16(11-15)13-9-20(24)21(2,27)26(3)12-13/h5-12,25,27H,4,24H2,1-3H3. The molecule has 0 aliphatic carbocycles. The van der Waals surface area contributed by atoms with Gasteiger partial charge in [0, 0.05) is 41.9 Å². The van der Waals surface area contributed by atoms with Crippen LogP contribution < -0.4 is 15.2 Å². The van der Waals surface area contributed by atoms with E-state index in [-0.39, 0.29) is 11.4 Å². The molecule has 1 aliphatic rings. The minimum atomic E-state index is -1.32. The molecule has 3 rings (SSSR count). The fourth-order valence-electron chi connectivity index (χ4n) is 2.77. The number of hydrogen-bond acceptors (Lipinski definition) is 6. The summed E-state index contributed by atoms with van der Waals surface area (Å²) >= 11 is 1.53. The SMILES string of the molecule is CCSNc1ccc(Oc2ccc(F)cc2F)c(C2=CN(C)C(C)(O)C(N)=C2)c1. The summed E-state index contributed by atoms with van der Waals surface area (Å²) in [6.07, 6.45) is 3.39. The van der Waals surface area contributed by atoms with Crippen molar-refractivity contribution in [2.75, 3.05) is 17.5 Å². The van der Waals surface area contributed by atoms with Crippen molar-refractivity contribution in [2.45, 2.75) is 19.6 Å². The molecule has 0 radical (unpaired) electrons. The lowest BCUT2D eigenvalue weighted by Gasteiger charge is -2.37. The number of benzene rings is 2. The van der Waals surface area contributed by atoms with E-state index in [9.17, 15) is 13.9 Å². The monoisotopic (exact) mass is 419 g/mol. The van der Waals surface area contributed by atoms with Crippen LogP contribution in [0, 0.1) is 11.6 Å². The van der Waals surface area contributed by atoms with Crippen LogP contribution in [0.15, 0.2) is 54.4 Å². The quantitative estimate of drug-likeness (QED) is 0.591. The third kappa shape index (κ3) is 4.49. The van der Waals surface area contributed by atoms with Gasteiger partial charge in [0.2, 0.25) is 0 Å². The smallest absolute Gasteiger partial charge is 0.175 e. The highest BCUT2D eigenvalue weighted by atomic mass is 32.2. The fourth-order valence-corrected chi connectivity index (χ4v) is 3.20. The third-order valence-corrected chi connectivity index (χ3v) is 5.28. The molecular weight excluding hydrogens is 396 g/mol. The van der Waals surface area contributed by atoms with Crippen molar-refractivity contribution in [3.8, 4) is 11.5 Å². The first-order chi connectivity index (χ1) is 13.7. The highest BCUT2D eigenvalue weighted by Gasteiger charge is 2.31. The lowest BCUT2D eigenvalue weighted by atomic mass is 9.97. The summed E-state index contributed by atoms with van der Waals surface area (Å²) in [5, 5.41) is 10.5. The lowest BCUT2D eigenvalue weighted by Crippen LogP contribution is -2.46. The number of nitrogens with two attached hydrogens (primary N) is 1. The Bertz CT molecular complexity index is 976. The number of rotatable bonds is 6. The van der Waals surface area contributed by atoms with Gasteiger partial charge in [0.25, 0.3) is 0 Å². The van der Waals surface area contributed by atoms with Gasteiger partial charge in [-0.3, -0.25) is 0 Å². The van der Waals surface area contributed by atoms with Crippen LogP contribution >= 0.6 is 11.9 Å². The predicted octanol–water partition coefficient (Wildman–Crippen LogP) is 4.67. The van der Waals surface area contributed by atoms with Gasteiger partial charge in [0.05, 0.1) is 5.70 Å². The third-order valence-electron chi connectivity index (χ3n) is 4.62. The van der Waals surface area contributed by atoms with E-state index in [1.807, 2.05) is 13.0 Å². The Morgan fingerprint density at radius 1 is 1.21 bits per heavy atom. The molecule has 2 aromatic carbocycles. The Balaban J connectivity index is 2.05. The van der Waals surface area contributed by atoms with Crippen molar-refractivity contribution in [1.29, 1.82) is 0 Å². The van der Waals surface area contributed by atoms with E-state index in [0.717, 1.165) is 23.6 Å². The molecule has 0 bridgehead atoms.